The van der Waals surface area contributed by atoms with Crippen molar-refractivity contribution >= 4 is 11.8 Å². The Morgan fingerprint density at radius 2 is 1.74 bits per heavy atom. The predicted octanol–water partition coefficient (Wildman–Crippen LogP) is 2.94. The molecule has 108 valence electrons. The Morgan fingerprint density at radius 3 is 2.26 bits per heavy atom. The summed E-state index contributed by atoms with van der Waals surface area (Å²) in [5.41, 5.74) is 5.95. The van der Waals surface area contributed by atoms with Gasteiger partial charge in [0.1, 0.15) is 5.82 Å². The van der Waals surface area contributed by atoms with E-state index in [1.165, 1.54) is 0 Å². The van der Waals surface area contributed by atoms with Crippen LogP contribution in [0.15, 0.2) is 6.07 Å². The third kappa shape index (κ3) is 6.84. The number of hydrogen-bond acceptors (Lipinski definition) is 5. The molecule has 0 fully saturated rings. The maximum Gasteiger partial charge on any atom is 0.225 e. The molecule has 1 aromatic rings. The van der Waals surface area contributed by atoms with Gasteiger partial charge in [-0.15, -0.1) is 0 Å². The fraction of sp³-hybridized carbons (Fsp3) is 0.714. The van der Waals surface area contributed by atoms with Gasteiger partial charge < -0.3 is 15.8 Å². The minimum absolute atomic E-state index is 0.0821. The van der Waals surface area contributed by atoms with E-state index in [0.29, 0.717) is 18.3 Å². The smallest absolute Gasteiger partial charge is 0.225 e. The van der Waals surface area contributed by atoms with Crippen molar-refractivity contribution in [3.63, 3.8) is 0 Å². The summed E-state index contributed by atoms with van der Waals surface area (Å²) in [5.74, 6) is 1.44. The summed E-state index contributed by atoms with van der Waals surface area (Å²) in [6, 6.07) is 1.79. The summed E-state index contributed by atoms with van der Waals surface area (Å²) in [5, 5.41) is 3.25. The molecule has 5 nitrogen and oxygen atoms in total. The van der Waals surface area contributed by atoms with Crippen LogP contribution in [0.3, 0.4) is 0 Å². The minimum Gasteiger partial charge on any atom is -0.477 e. The van der Waals surface area contributed by atoms with Gasteiger partial charge in [-0.2, -0.15) is 9.97 Å². The molecule has 19 heavy (non-hydrogen) atoms. The molecule has 0 aliphatic heterocycles. The Bertz CT molecular complexity index is 382. The molecule has 0 radical (unpaired) electrons. The predicted molar refractivity (Wildman–Crippen MR) is 79.3 cm³/mol. The lowest BCUT2D eigenvalue weighted by atomic mass is 9.97. The van der Waals surface area contributed by atoms with E-state index in [4.69, 9.17) is 10.5 Å². The summed E-state index contributed by atoms with van der Waals surface area (Å²) in [7, 11) is 0. The van der Waals surface area contributed by atoms with Crippen molar-refractivity contribution in [2.75, 3.05) is 24.2 Å². The molecule has 1 heterocycles. The first kappa shape index (κ1) is 15.5. The highest BCUT2D eigenvalue weighted by atomic mass is 16.5. The van der Waals surface area contributed by atoms with E-state index in [9.17, 15) is 0 Å². The lowest BCUT2D eigenvalue weighted by Crippen LogP contribution is -2.20. The van der Waals surface area contributed by atoms with Gasteiger partial charge in [0.25, 0.3) is 0 Å². The Kier molecular flexibility index (Phi) is 4.61. The molecule has 0 unspecified atom stereocenters. The second-order valence-corrected chi connectivity index (χ2v) is 7.21. The van der Waals surface area contributed by atoms with E-state index in [2.05, 4.69) is 56.8 Å². The molecular weight excluding hydrogens is 240 g/mol. The van der Waals surface area contributed by atoms with E-state index in [0.717, 1.165) is 6.54 Å². The SMILES string of the molecule is CC(C)(C)CNc1cc(OCC(C)(C)C)nc(N)n1. The van der Waals surface area contributed by atoms with Crippen molar-refractivity contribution in [2.24, 2.45) is 10.8 Å². The van der Waals surface area contributed by atoms with Crippen LogP contribution >= 0.6 is 0 Å². The van der Waals surface area contributed by atoms with E-state index < -0.39 is 0 Å². The molecule has 0 atom stereocenters. The molecule has 0 aliphatic carbocycles. The van der Waals surface area contributed by atoms with Crippen LogP contribution in [0.25, 0.3) is 0 Å². The number of anilines is 2. The molecule has 0 aliphatic rings. The van der Waals surface area contributed by atoms with Crippen molar-refractivity contribution < 1.29 is 4.74 Å². The fourth-order valence-corrected chi connectivity index (χ4v) is 1.25. The summed E-state index contributed by atoms with van der Waals surface area (Å²) in [6.45, 7) is 14.2. The van der Waals surface area contributed by atoms with E-state index in [1.54, 1.807) is 6.07 Å². The van der Waals surface area contributed by atoms with Gasteiger partial charge >= 0.3 is 0 Å². The molecule has 0 amide bonds. The number of ether oxygens (including phenoxy) is 1. The zero-order valence-corrected chi connectivity index (χ0v) is 12.9. The molecule has 0 saturated heterocycles. The first-order chi connectivity index (χ1) is 8.55. The molecule has 0 spiro atoms. The Balaban J connectivity index is 2.71. The number of nitrogens with one attached hydrogen (secondary N) is 1. The van der Waals surface area contributed by atoms with E-state index >= 15 is 0 Å². The zero-order chi connectivity index (χ0) is 14.7. The van der Waals surface area contributed by atoms with Crippen LogP contribution in [0, 0.1) is 10.8 Å². The van der Waals surface area contributed by atoms with E-state index in [-0.39, 0.29) is 16.8 Å². The van der Waals surface area contributed by atoms with Gasteiger partial charge in [0, 0.05) is 12.6 Å². The molecule has 3 N–H and O–H groups in total. The normalized spacial score (nSPS) is 12.3. The Hall–Kier alpha value is -1.52. The van der Waals surface area contributed by atoms with Crippen molar-refractivity contribution in [3.8, 4) is 5.88 Å². The maximum atomic E-state index is 5.70. The Labute approximate surface area is 116 Å². The van der Waals surface area contributed by atoms with E-state index in [1.807, 2.05) is 0 Å². The number of hydrogen-bond donors (Lipinski definition) is 2. The second-order valence-electron chi connectivity index (χ2n) is 7.21. The van der Waals surface area contributed by atoms with Crippen LogP contribution in [0.5, 0.6) is 5.88 Å². The topological polar surface area (TPSA) is 73.1 Å². The zero-order valence-electron chi connectivity index (χ0n) is 12.9. The van der Waals surface area contributed by atoms with Crippen LogP contribution in [-0.4, -0.2) is 23.1 Å². The fourth-order valence-electron chi connectivity index (χ4n) is 1.25. The number of rotatable bonds is 4. The first-order valence-electron chi connectivity index (χ1n) is 6.56. The minimum atomic E-state index is 0.0821. The largest absolute Gasteiger partial charge is 0.477 e. The average Bonchev–Trinajstić information content (AvgIpc) is 2.21. The number of nitrogen functional groups attached to an aromatic ring is 1. The van der Waals surface area contributed by atoms with Crippen LogP contribution < -0.4 is 15.8 Å². The number of nitrogens with two attached hydrogens (primary N) is 1. The molecular formula is C14H26N4O. The maximum absolute atomic E-state index is 5.70. The van der Waals surface area contributed by atoms with Crippen molar-refractivity contribution in [1.29, 1.82) is 0 Å². The van der Waals surface area contributed by atoms with Crippen molar-refractivity contribution in [1.82, 2.24) is 9.97 Å². The summed E-state index contributed by atoms with van der Waals surface area (Å²) in [4.78, 5) is 8.24. The molecule has 1 rings (SSSR count). The van der Waals surface area contributed by atoms with Crippen molar-refractivity contribution in [2.45, 2.75) is 41.5 Å². The van der Waals surface area contributed by atoms with Crippen molar-refractivity contribution in [3.05, 3.63) is 6.07 Å². The second kappa shape index (κ2) is 5.63. The highest BCUT2D eigenvalue weighted by Gasteiger charge is 2.14. The molecule has 5 heteroatoms. The Morgan fingerprint density at radius 1 is 1.11 bits per heavy atom. The third-order valence-corrected chi connectivity index (χ3v) is 2.17. The molecule has 0 aromatic carbocycles. The van der Waals surface area contributed by atoms with Crippen LogP contribution in [-0.2, 0) is 0 Å². The van der Waals surface area contributed by atoms with Gasteiger partial charge in [-0.05, 0) is 10.8 Å². The van der Waals surface area contributed by atoms with Gasteiger partial charge in [0.15, 0.2) is 0 Å². The highest BCUT2D eigenvalue weighted by molar-refractivity contribution is 5.42. The lowest BCUT2D eigenvalue weighted by Gasteiger charge is -2.20. The summed E-state index contributed by atoms with van der Waals surface area (Å²) >= 11 is 0. The molecule has 0 saturated carbocycles. The number of nitrogens with zero attached hydrogens (tertiary/aromatic N) is 2. The molecule has 0 bridgehead atoms. The van der Waals surface area contributed by atoms with Gasteiger partial charge in [-0.1, -0.05) is 41.5 Å². The quantitative estimate of drug-likeness (QED) is 0.876. The monoisotopic (exact) mass is 266 g/mol. The van der Waals surface area contributed by atoms with Crippen LogP contribution in [0.1, 0.15) is 41.5 Å². The third-order valence-electron chi connectivity index (χ3n) is 2.17. The van der Waals surface area contributed by atoms with Gasteiger partial charge in [-0.25, -0.2) is 0 Å². The standard InChI is InChI=1S/C14H26N4O/c1-13(2,3)8-16-10-7-11(18-12(15)17-10)19-9-14(4,5)6/h7H,8-9H2,1-6H3,(H3,15,16,17,18). The highest BCUT2D eigenvalue weighted by Crippen LogP contribution is 2.20. The van der Waals surface area contributed by atoms with Crippen LogP contribution in [0.2, 0.25) is 0 Å². The lowest BCUT2D eigenvalue weighted by molar-refractivity contribution is 0.191. The molecule has 1 aromatic heterocycles. The van der Waals surface area contributed by atoms with Gasteiger partial charge in [-0.3, -0.25) is 0 Å². The summed E-state index contributed by atoms with van der Waals surface area (Å²) in [6.07, 6.45) is 0. The summed E-state index contributed by atoms with van der Waals surface area (Å²) < 4.78 is 5.65. The van der Waals surface area contributed by atoms with Crippen LogP contribution in [0.4, 0.5) is 11.8 Å². The van der Waals surface area contributed by atoms with Gasteiger partial charge in [0.05, 0.1) is 6.61 Å². The number of aromatic nitrogens is 2. The van der Waals surface area contributed by atoms with Gasteiger partial charge in [0.2, 0.25) is 11.8 Å². The average molecular weight is 266 g/mol. The first-order valence-corrected chi connectivity index (χ1v) is 6.56.